The fraction of sp³-hybridized carbons (Fsp3) is 0.200. The van der Waals surface area contributed by atoms with Crippen molar-refractivity contribution in [2.24, 2.45) is 0 Å². The SMILES string of the molecule is N#Cc1sc(NCCc2ccc(Br)s2)nc1Cl. The molecule has 0 aromatic carbocycles. The van der Waals surface area contributed by atoms with Gasteiger partial charge in [0.05, 0.1) is 3.79 Å². The number of hydrogen-bond acceptors (Lipinski definition) is 5. The summed E-state index contributed by atoms with van der Waals surface area (Å²) in [5.74, 6) is 0. The average Bonchev–Trinajstić information content (AvgIpc) is 2.85. The van der Waals surface area contributed by atoms with Crippen molar-refractivity contribution in [3.05, 3.63) is 30.8 Å². The van der Waals surface area contributed by atoms with Crippen LogP contribution in [0.1, 0.15) is 9.75 Å². The summed E-state index contributed by atoms with van der Waals surface area (Å²) >= 11 is 12.2. The van der Waals surface area contributed by atoms with E-state index in [1.165, 1.54) is 16.2 Å². The molecule has 0 aliphatic carbocycles. The standard InChI is InChI=1S/C10H7BrClN3S2/c11-8-2-1-6(16-8)3-4-14-10-15-9(12)7(5-13)17-10/h1-2H,3-4H2,(H,14,15). The van der Waals surface area contributed by atoms with Crippen LogP contribution in [0.25, 0.3) is 0 Å². The maximum Gasteiger partial charge on any atom is 0.185 e. The number of nitrogens with zero attached hydrogens (tertiary/aromatic N) is 2. The first-order valence-electron chi connectivity index (χ1n) is 4.73. The Labute approximate surface area is 120 Å². The predicted molar refractivity (Wildman–Crippen MR) is 76.1 cm³/mol. The van der Waals surface area contributed by atoms with Gasteiger partial charge in [0.25, 0.3) is 0 Å². The van der Waals surface area contributed by atoms with Crippen LogP contribution < -0.4 is 5.32 Å². The van der Waals surface area contributed by atoms with Crippen molar-refractivity contribution in [1.82, 2.24) is 4.98 Å². The number of rotatable bonds is 4. The second kappa shape index (κ2) is 5.83. The zero-order valence-corrected chi connectivity index (χ0v) is 12.5. The average molecular weight is 349 g/mol. The van der Waals surface area contributed by atoms with E-state index in [0.717, 1.165) is 16.8 Å². The minimum Gasteiger partial charge on any atom is -0.361 e. The molecule has 1 N–H and O–H groups in total. The molecule has 0 aliphatic rings. The van der Waals surface area contributed by atoms with E-state index in [2.05, 4.69) is 32.3 Å². The lowest BCUT2D eigenvalue weighted by Gasteiger charge is -1.99. The molecule has 2 heterocycles. The van der Waals surface area contributed by atoms with Crippen LogP contribution in [0, 0.1) is 11.3 Å². The number of nitrogens with one attached hydrogen (secondary N) is 1. The Bertz CT molecular complexity index is 558. The lowest BCUT2D eigenvalue weighted by atomic mass is 10.3. The number of thiophene rings is 1. The number of nitriles is 1. The van der Waals surface area contributed by atoms with Crippen LogP contribution in [-0.2, 0) is 6.42 Å². The molecule has 88 valence electrons. The van der Waals surface area contributed by atoms with Crippen molar-refractivity contribution in [2.45, 2.75) is 6.42 Å². The predicted octanol–water partition coefficient (Wildman–Crippen LogP) is 4.15. The van der Waals surface area contributed by atoms with E-state index < -0.39 is 0 Å². The molecule has 0 saturated carbocycles. The third kappa shape index (κ3) is 3.42. The number of halogens is 2. The Hall–Kier alpha value is -0.610. The highest BCUT2D eigenvalue weighted by atomic mass is 79.9. The van der Waals surface area contributed by atoms with Gasteiger partial charge in [0.15, 0.2) is 10.3 Å². The summed E-state index contributed by atoms with van der Waals surface area (Å²) in [6.45, 7) is 0.779. The second-order valence-corrected chi connectivity index (χ2v) is 7.04. The van der Waals surface area contributed by atoms with Gasteiger partial charge in [-0.25, -0.2) is 4.98 Å². The Kier molecular flexibility index (Phi) is 4.40. The number of hydrogen-bond donors (Lipinski definition) is 1. The zero-order chi connectivity index (χ0) is 12.3. The Morgan fingerprint density at radius 2 is 2.29 bits per heavy atom. The number of thiazole rings is 1. The molecule has 0 fully saturated rings. The molecule has 0 amide bonds. The molecule has 2 aromatic heterocycles. The van der Waals surface area contributed by atoms with Crippen LogP contribution in [0.5, 0.6) is 0 Å². The lowest BCUT2D eigenvalue weighted by Crippen LogP contribution is -2.03. The third-order valence-corrected chi connectivity index (χ3v) is 4.95. The number of anilines is 1. The molecule has 17 heavy (non-hydrogen) atoms. The van der Waals surface area contributed by atoms with Gasteiger partial charge in [-0.2, -0.15) is 5.26 Å². The fourth-order valence-electron chi connectivity index (χ4n) is 1.22. The summed E-state index contributed by atoms with van der Waals surface area (Å²) in [5.41, 5.74) is 0. The normalized spacial score (nSPS) is 10.2. The molecule has 0 aliphatic heterocycles. The number of aromatic nitrogens is 1. The van der Waals surface area contributed by atoms with Crippen molar-refractivity contribution >= 4 is 55.3 Å². The van der Waals surface area contributed by atoms with Gasteiger partial charge in [0, 0.05) is 11.4 Å². The van der Waals surface area contributed by atoms with Crippen LogP contribution in [0.2, 0.25) is 5.15 Å². The van der Waals surface area contributed by atoms with Gasteiger partial charge in [-0.05, 0) is 34.5 Å². The zero-order valence-electron chi connectivity index (χ0n) is 8.54. The first-order chi connectivity index (χ1) is 8.19. The maximum absolute atomic E-state index is 8.74. The van der Waals surface area contributed by atoms with E-state index in [9.17, 15) is 0 Å². The summed E-state index contributed by atoms with van der Waals surface area (Å²) in [6.07, 6.45) is 0.926. The van der Waals surface area contributed by atoms with Gasteiger partial charge in [-0.15, -0.1) is 11.3 Å². The quantitative estimate of drug-likeness (QED) is 0.903. The third-order valence-electron chi connectivity index (χ3n) is 1.96. The largest absolute Gasteiger partial charge is 0.361 e. The van der Waals surface area contributed by atoms with E-state index in [4.69, 9.17) is 16.9 Å². The van der Waals surface area contributed by atoms with Crippen LogP contribution in [0.15, 0.2) is 15.9 Å². The Balaban J connectivity index is 1.88. The van der Waals surface area contributed by atoms with Crippen molar-refractivity contribution in [1.29, 1.82) is 5.26 Å². The molecule has 0 unspecified atom stereocenters. The van der Waals surface area contributed by atoms with Crippen molar-refractivity contribution in [2.75, 3.05) is 11.9 Å². The first-order valence-corrected chi connectivity index (χ1v) is 7.54. The molecule has 0 radical (unpaired) electrons. The molecule has 0 atom stereocenters. The van der Waals surface area contributed by atoms with Crippen molar-refractivity contribution in [3.63, 3.8) is 0 Å². The van der Waals surface area contributed by atoms with Gasteiger partial charge in [0.2, 0.25) is 0 Å². The van der Waals surface area contributed by atoms with E-state index in [-0.39, 0.29) is 5.15 Å². The van der Waals surface area contributed by atoms with Crippen LogP contribution in [0.4, 0.5) is 5.13 Å². The van der Waals surface area contributed by atoms with Crippen LogP contribution >= 0.6 is 50.2 Å². The van der Waals surface area contributed by atoms with Crippen LogP contribution in [-0.4, -0.2) is 11.5 Å². The summed E-state index contributed by atoms with van der Waals surface area (Å²) in [6, 6.07) is 6.13. The van der Waals surface area contributed by atoms with Crippen molar-refractivity contribution in [3.8, 4) is 6.07 Å². The molecule has 2 aromatic rings. The first kappa shape index (κ1) is 12.8. The lowest BCUT2D eigenvalue weighted by molar-refractivity contribution is 1.04. The molecule has 7 heteroatoms. The van der Waals surface area contributed by atoms with E-state index in [1.54, 1.807) is 11.3 Å². The smallest absolute Gasteiger partial charge is 0.185 e. The van der Waals surface area contributed by atoms with Crippen LogP contribution in [0.3, 0.4) is 0 Å². The maximum atomic E-state index is 8.74. The van der Waals surface area contributed by atoms with Gasteiger partial charge in [-0.1, -0.05) is 22.9 Å². The van der Waals surface area contributed by atoms with Gasteiger partial charge in [-0.3, -0.25) is 0 Å². The summed E-state index contributed by atoms with van der Waals surface area (Å²) in [4.78, 5) is 5.81. The van der Waals surface area contributed by atoms with Crippen molar-refractivity contribution < 1.29 is 0 Å². The Morgan fingerprint density at radius 3 is 2.88 bits per heavy atom. The molecule has 3 nitrogen and oxygen atoms in total. The van der Waals surface area contributed by atoms with E-state index in [0.29, 0.717) is 10.0 Å². The minimum absolute atomic E-state index is 0.277. The van der Waals surface area contributed by atoms with Gasteiger partial charge in [0.1, 0.15) is 10.9 Å². The molecule has 0 bridgehead atoms. The molecular formula is C10H7BrClN3S2. The molecule has 2 rings (SSSR count). The fourth-order valence-corrected chi connectivity index (χ4v) is 3.68. The van der Waals surface area contributed by atoms with Gasteiger partial charge < -0.3 is 5.32 Å². The highest BCUT2D eigenvalue weighted by Crippen LogP contribution is 2.26. The molecule has 0 spiro atoms. The Morgan fingerprint density at radius 1 is 1.47 bits per heavy atom. The van der Waals surface area contributed by atoms with E-state index in [1.807, 2.05) is 12.1 Å². The summed E-state index contributed by atoms with van der Waals surface area (Å²) in [5, 5.41) is 12.9. The summed E-state index contributed by atoms with van der Waals surface area (Å²) < 4.78 is 1.14. The summed E-state index contributed by atoms with van der Waals surface area (Å²) in [7, 11) is 0. The second-order valence-electron chi connectivity index (χ2n) is 3.13. The highest BCUT2D eigenvalue weighted by molar-refractivity contribution is 9.11. The monoisotopic (exact) mass is 347 g/mol. The molecular weight excluding hydrogens is 342 g/mol. The highest BCUT2D eigenvalue weighted by Gasteiger charge is 2.07. The van der Waals surface area contributed by atoms with E-state index >= 15 is 0 Å². The van der Waals surface area contributed by atoms with Gasteiger partial charge >= 0.3 is 0 Å². The topological polar surface area (TPSA) is 48.7 Å². The minimum atomic E-state index is 0.277. The molecule has 0 saturated heterocycles.